The molecule has 0 saturated heterocycles. The third-order valence-corrected chi connectivity index (χ3v) is 17.4. The minimum absolute atomic E-state index is 1.02. The molecule has 0 aliphatic rings. The number of benzene rings is 12. The number of nitrogens with zero attached hydrogens (tertiary/aromatic N) is 4. The first kappa shape index (κ1) is 148. The molecule has 0 atom stereocenters. The number of anilines is 6. The second-order valence-electron chi connectivity index (χ2n) is 24.2. The Hall–Kier alpha value is -12.2. The predicted molar refractivity (Wildman–Crippen MR) is 661 cm³/mol. The van der Waals surface area contributed by atoms with Crippen LogP contribution in [0.1, 0.15) is 325 Å². The van der Waals surface area contributed by atoms with Crippen LogP contribution >= 0.6 is 0 Å². The average Bonchev–Trinajstić information content (AvgIpc) is 1.61. The second kappa shape index (κ2) is 115. The molecule has 14 aromatic rings. The first-order valence-electron chi connectivity index (χ1n) is 54.8. The van der Waals surface area contributed by atoms with Crippen LogP contribution in [0.3, 0.4) is 0 Å². The van der Waals surface area contributed by atoms with Gasteiger partial charge in [0.05, 0.1) is 22.1 Å². The predicted octanol–water partition coefficient (Wildman–Crippen LogP) is 47.1. The highest BCUT2D eigenvalue weighted by Crippen LogP contribution is 2.38. The molecule has 4 heteroatoms. The lowest BCUT2D eigenvalue weighted by Gasteiger charge is -2.25. The van der Waals surface area contributed by atoms with Crippen molar-refractivity contribution in [2.45, 2.75) is 328 Å². The van der Waals surface area contributed by atoms with E-state index in [-0.39, 0.29) is 0 Å². The molecule has 4 nitrogen and oxygen atoms in total. The summed E-state index contributed by atoms with van der Waals surface area (Å²) in [6.07, 6.45) is 32.2. The van der Waals surface area contributed by atoms with Gasteiger partial charge in [-0.15, -0.1) is 0 Å². The van der Waals surface area contributed by atoms with Crippen LogP contribution in [0.15, 0.2) is 415 Å². The summed E-state index contributed by atoms with van der Waals surface area (Å²) in [4.78, 5) is 4.57. The zero-order chi connectivity index (χ0) is 109. The van der Waals surface area contributed by atoms with Crippen LogP contribution < -0.4 is 9.80 Å². The molecule has 0 spiro atoms. The number of hydrogen-bond acceptors (Lipinski definition) is 2. The molecule has 0 unspecified atom stereocenters. The van der Waals surface area contributed by atoms with Gasteiger partial charge < -0.3 is 18.9 Å². The van der Waals surface area contributed by atoms with E-state index in [2.05, 4.69) is 373 Å². The highest BCUT2D eigenvalue weighted by molar-refractivity contribution is 6.10. The van der Waals surface area contributed by atoms with E-state index in [1.165, 1.54) is 88.6 Å². The van der Waals surface area contributed by atoms with Gasteiger partial charge in [0.1, 0.15) is 0 Å². The van der Waals surface area contributed by atoms with Gasteiger partial charge in [-0.1, -0.05) is 570 Å². The van der Waals surface area contributed by atoms with Crippen LogP contribution in [-0.4, -0.2) is 9.13 Å². The Morgan fingerprint density at radius 2 is 0.379 bits per heavy atom. The largest absolute Gasteiger partial charge is 0.311 e. The van der Waals surface area contributed by atoms with Crippen molar-refractivity contribution < 1.29 is 0 Å². The Kier molecular flexibility index (Phi) is 122. The summed E-state index contributed by atoms with van der Waals surface area (Å²) >= 11 is 0. The Morgan fingerprint density at radius 3 is 0.643 bits per heavy atom. The molecule has 0 aliphatic carbocycles. The molecule has 0 aliphatic heterocycles. The lowest BCUT2D eigenvalue weighted by molar-refractivity contribution is 0.995. The molecule has 2 aromatic heterocycles. The first-order valence-corrected chi connectivity index (χ1v) is 54.8. The van der Waals surface area contributed by atoms with Crippen molar-refractivity contribution >= 4 is 77.7 Å². The summed E-state index contributed by atoms with van der Waals surface area (Å²) in [5.74, 6) is 0. The zero-order valence-corrected chi connectivity index (χ0v) is 97.2. The van der Waals surface area contributed by atoms with Crippen LogP contribution in [0.25, 0.3) is 55.0 Å². The number of para-hydroxylation sites is 8. The van der Waals surface area contributed by atoms with Crippen LogP contribution in [0.4, 0.5) is 34.1 Å². The Morgan fingerprint density at radius 1 is 0.179 bits per heavy atom. The molecule has 14 rings (SSSR count). The topological polar surface area (TPSA) is 16.3 Å². The monoisotopic (exact) mass is 1900 g/mol. The summed E-state index contributed by atoms with van der Waals surface area (Å²) in [6, 6.07) is 112. The minimum Gasteiger partial charge on any atom is -0.311 e. The molecule has 0 N–H and O–H groups in total. The number of allylic oxidation sites excluding steroid dienone is 12. The van der Waals surface area contributed by atoms with Gasteiger partial charge in [0.25, 0.3) is 0 Å². The lowest BCUT2D eigenvalue weighted by atomic mass is 10.1. The molecule has 2 heterocycles. The van der Waals surface area contributed by atoms with E-state index >= 15 is 0 Å². The fraction of sp³-hybridized carbons (Fsp3) is 0.353. The SMILES string of the molecule is C=C/C=C/CCc1ccc(-n2c3ccccc3c3ccccc32)cc1.C=C/C=C/CCc1ccc(N(c2ccccc2)c2ccccc2)cc1.C=C/C=C/CCc1cccc(-n2c3ccccc3c3ccccc32)c1.C=C/C=C/CCc1cccc(N(c2ccccc2)c2ccccc2)c1.CC.CC.CC.CC.CC.CC.CC.CC.CC.CC.CC.CC.CC.CC.CC.CC.CC.CC.CC.CC. The number of rotatable bonds is 24. The standard InChI is InChI=1S/2C24H21N.2C24H23N.20C2H6/c1-2-3-4-5-11-19-12-10-13-20(18-19)25-23-16-8-6-14-21(23)22-15-7-9-17-24(22)25;1-2-3-4-5-10-19-15-17-20(18-16-19)25-23-13-8-6-11-21(23)22-12-7-9-14-24(22)25;1-2-3-4-7-13-21-14-12-19-24(20-21)25(22-15-8-5-9-16-22)23-17-10-6-11-18-23;1-2-3-4-7-12-21-17-19-24(20-18-21)25(22-13-8-5-9-14-22)23-15-10-6-11-16-23;20*1-2/h2-4,6-10,12-18H,1,5,11H2;2-4,6-9,11-18H,1,5,10H2;2-6,8-12,14-20H,1,7,13H2;2-6,8-11,13-20H,1,7,12H2;20*1-2H3/b4*4-3+;;;;;;;;;;;;;;;;;;;;. The van der Waals surface area contributed by atoms with E-state index in [1.807, 2.05) is 338 Å². The second-order valence-corrected chi connectivity index (χ2v) is 24.2. The summed E-state index contributed by atoms with van der Waals surface area (Å²) in [7, 11) is 0. The Bertz CT molecular complexity index is 4830. The number of aryl methyl sites for hydroxylation is 4. The molecule has 0 radical (unpaired) electrons. The van der Waals surface area contributed by atoms with Gasteiger partial charge in [0.15, 0.2) is 0 Å². The van der Waals surface area contributed by atoms with Crippen molar-refractivity contribution in [3.63, 3.8) is 0 Å². The third kappa shape index (κ3) is 58.0. The van der Waals surface area contributed by atoms with Crippen LogP contribution in [0, 0.1) is 0 Å². The van der Waals surface area contributed by atoms with Crippen molar-refractivity contribution in [3.05, 3.63) is 437 Å². The van der Waals surface area contributed by atoms with Gasteiger partial charge in [0, 0.05) is 67.0 Å². The molecular weight excluding hydrogens is 1690 g/mol. The van der Waals surface area contributed by atoms with E-state index in [0.717, 1.165) is 74.1 Å². The Labute approximate surface area is 867 Å². The van der Waals surface area contributed by atoms with Crippen molar-refractivity contribution in [1.82, 2.24) is 9.13 Å². The average molecular weight is 1900 g/mol. The van der Waals surface area contributed by atoms with Crippen LogP contribution in [0.2, 0.25) is 0 Å². The lowest BCUT2D eigenvalue weighted by Crippen LogP contribution is -2.09. The van der Waals surface area contributed by atoms with E-state index < -0.39 is 0 Å². The van der Waals surface area contributed by atoms with Crippen LogP contribution in [0.5, 0.6) is 0 Å². The number of aromatic nitrogens is 2. The molecule has 0 saturated carbocycles. The summed E-state index contributed by atoms with van der Waals surface area (Å²) in [5.41, 5.74) is 19.9. The normalized spacial score (nSPS) is 8.80. The van der Waals surface area contributed by atoms with Gasteiger partial charge in [-0.2, -0.15) is 0 Å². The summed E-state index contributed by atoms with van der Waals surface area (Å²) < 4.78 is 4.72. The van der Waals surface area contributed by atoms with Crippen LogP contribution in [-0.2, 0) is 25.7 Å². The van der Waals surface area contributed by atoms with Crippen molar-refractivity contribution in [2.24, 2.45) is 0 Å². The third-order valence-electron chi connectivity index (χ3n) is 17.4. The molecule has 12 aromatic carbocycles. The number of fused-ring (bicyclic) bond motifs is 6. The highest BCUT2D eigenvalue weighted by atomic mass is 15.1. The highest BCUT2D eigenvalue weighted by Gasteiger charge is 2.16. The Balaban J connectivity index is -0.000000179. The maximum atomic E-state index is 3.72. The molecular formula is C136H208N4. The van der Waals surface area contributed by atoms with Gasteiger partial charge in [-0.05, 0) is 195 Å². The fourth-order valence-corrected chi connectivity index (χ4v) is 12.7. The van der Waals surface area contributed by atoms with Gasteiger partial charge >= 0.3 is 0 Å². The maximum absolute atomic E-state index is 3.72. The molecule has 0 amide bonds. The molecule has 772 valence electrons. The van der Waals surface area contributed by atoms with Crippen molar-refractivity contribution in [2.75, 3.05) is 9.80 Å². The number of hydrogen-bond donors (Lipinski definition) is 0. The fourth-order valence-electron chi connectivity index (χ4n) is 12.7. The zero-order valence-electron chi connectivity index (χ0n) is 97.2. The van der Waals surface area contributed by atoms with E-state index in [9.17, 15) is 0 Å². The van der Waals surface area contributed by atoms with Gasteiger partial charge in [-0.25, -0.2) is 0 Å². The van der Waals surface area contributed by atoms with E-state index in [1.54, 1.807) is 0 Å². The molecule has 0 fully saturated rings. The van der Waals surface area contributed by atoms with Gasteiger partial charge in [0.2, 0.25) is 0 Å². The van der Waals surface area contributed by atoms with Crippen molar-refractivity contribution in [1.29, 1.82) is 0 Å². The smallest absolute Gasteiger partial charge is 0.0541 e. The maximum Gasteiger partial charge on any atom is 0.0541 e. The van der Waals surface area contributed by atoms with E-state index in [0.29, 0.717) is 0 Å². The summed E-state index contributed by atoms with van der Waals surface area (Å²) in [5, 5.41) is 5.21. The minimum atomic E-state index is 1.02. The van der Waals surface area contributed by atoms with Gasteiger partial charge in [-0.3, -0.25) is 0 Å². The molecule has 140 heavy (non-hydrogen) atoms. The van der Waals surface area contributed by atoms with Crippen molar-refractivity contribution in [3.8, 4) is 11.4 Å². The van der Waals surface area contributed by atoms with E-state index in [4.69, 9.17) is 0 Å². The molecule has 0 bridgehead atoms. The summed E-state index contributed by atoms with van der Waals surface area (Å²) in [6.45, 7) is 94.8. The first-order chi connectivity index (χ1) is 69.5. The quantitative estimate of drug-likeness (QED) is 0.0561.